The van der Waals surface area contributed by atoms with E-state index in [9.17, 15) is 0 Å². The Labute approximate surface area is 112 Å². The molecule has 1 atom stereocenters. The number of nitrogens with zero attached hydrogens (tertiary/aromatic N) is 6. The Bertz CT molecular complexity index is 535. The molecule has 0 fully saturated rings. The second kappa shape index (κ2) is 5.21. The molecule has 0 bridgehead atoms. The average Bonchev–Trinajstić information content (AvgIpc) is 2.90. The van der Waals surface area contributed by atoms with Crippen LogP contribution in [0.4, 0.5) is 11.9 Å². The van der Waals surface area contributed by atoms with Crippen LogP contribution < -0.4 is 10.6 Å². The SMILES string of the molecule is CC(C)C(C)N(C)c1nc(N)nc(-n2cccn2)n1. The molecule has 0 amide bonds. The lowest BCUT2D eigenvalue weighted by Crippen LogP contribution is -2.35. The summed E-state index contributed by atoms with van der Waals surface area (Å²) >= 11 is 0. The molecule has 0 saturated heterocycles. The molecule has 2 aromatic rings. The molecule has 7 heteroatoms. The van der Waals surface area contributed by atoms with E-state index in [4.69, 9.17) is 5.73 Å². The van der Waals surface area contributed by atoms with Crippen molar-refractivity contribution in [2.45, 2.75) is 26.8 Å². The second-order valence-electron chi connectivity index (χ2n) is 4.84. The van der Waals surface area contributed by atoms with Gasteiger partial charge in [-0.2, -0.15) is 20.1 Å². The Hall–Kier alpha value is -2.18. The first kappa shape index (κ1) is 13.3. The molecule has 0 saturated carbocycles. The minimum absolute atomic E-state index is 0.193. The van der Waals surface area contributed by atoms with Gasteiger partial charge < -0.3 is 10.6 Å². The molecule has 0 aliphatic heterocycles. The zero-order valence-electron chi connectivity index (χ0n) is 11.6. The summed E-state index contributed by atoms with van der Waals surface area (Å²) in [7, 11) is 1.95. The highest BCUT2D eigenvalue weighted by molar-refractivity contribution is 5.37. The number of hydrogen-bond donors (Lipinski definition) is 1. The van der Waals surface area contributed by atoms with Gasteiger partial charge in [-0.15, -0.1) is 0 Å². The monoisotopic (exact) mass is 261 g/mol. The maximum atomic E-state index is 5.75. The molecular formula is C12H19N7. The molecule has 0 aliphatic carbocycles. The molecule has 0 aliphatic rings. The van der Waals surface area contributed by atoms with Crippen molar-refractivity contribution in [1.29, 1.82) is 0 Å². The summed E-state index contributed by atoms with van der Waals surface area (Å²) in [5.74, 6) is 1.66. The summed E-state index contributed by atoms with van der Waals surface area (Å²) in [4.78, 5) is 14.7. The van der Waals surface area contributed by atoms with Crippen LogP contribution in [0.15, 0.2) is 18.5 Å². The fourth-order valence-corrected chi connectivity index (χ4v) is 1.65. The molecule has 0 spiro atoms. The van der Waals surface area contributed by atoms with Crippen LogP contribution in [-0.2, 0) is 0 Å². The van der Waals surface area contributed by atoms with Gasteiger partial charge in [0.1, 0.15) is 0 Å². The Balaban J connectivity index is 2.37. The third kappa shape index (κ3) is 2.81. The lowest BCUT2D eigenvalue weighted by atomic mass is 10.1. The van der Waals surface area contributed by atoms with E-state index in [1.54, 1.807) is 23.1 Å². The van der Waals surface area contributed by atoms with Crippen LogP contribution in [0.2, 0.25) is 0 Å². The summed E-state index contributed by atoms with van der Waals surface area (Å²) in [5.41, 5.74) is 5.75. The van der Waals surface area contributed by atoms with E-state index >= 15 is 0 Å². The van der Waals surface area contributed by atoms with Crippen molar-refractivity contribution >= 4 is 11.9 Å². The van der Waals surface area contributed by atoms with Gasteiger partial charge in [0.15, 0.2) is 0 Å². The van der Waals surface area contributed by atoms with E-state index in [2.05, 4.69) is 40.8 Å². The highest BCUT2D eigenvalue weighted by Crippen LogP contribution is 2.16. The van der Waals surface area contributed by atoms with Crippen LogP contribution in [-0.4, -0.2) is 37.8 Å². The van der Waals surface area contributed by atoms with E-state index in [-0.39, 0.29) is 5.95 Å². The second-order valence-corrected chi connectivity index (χ2v) is 4.84. The smallest absolute Gasteiger partial charge is 0.257 e. The highest BCUT2D eigenvalue weighted by Gasteiger charge is 2.18. The van der Waals surface area contributed by atoms with Gasteiger partial charge in [-0.05, 0) is 18.9 Å². The van der Waals surface area contributed by atoms with E-state index in [0.29, 0.717) is 23.9 Å². The van der Waals surface area contributed by atoms with Crippen LogP contribution in [0.1, 0.15) is 20.8 Å². The zero-order chi connectivity index (χ0) is 14.0. The molecule has 1 unspecified atom stereocenters. The van der Waals surface area contributed by atoms with Gasteiger partial charge in [0, 0.05) is 25.5 Å². The first-order chi connectivity index (χ1) is 8.99. The van der Waals surface area contributed by atoms with E-state index in [1.807, 2.05) is 11.9 Å². The standard InChI is InChI=1S/C12H19N7/c1-8(2)9(3)18(4)11-15-10(13)16-12(17-11)19-7-5-6-14-19/h5-9H,1-4H3,(H2,13,15,16,17). The summed E-state index contributed by atoms with van der Waals surface area (Å²) in [5, 5.41) is 4.10. The van der Waals surface area contributed by atoms with Crippen molar-refractivity contribution in [3.8, 4) is 5.95 Å². The normalized spacial score (nSPS) is 12.7. The first-order valence-corrected chi connectivity index (χ1v) is 6.23. The molecular weight excluding hydrogens is 242 g/mol. The molecule has 0 radical (unpaired) electrons. The number of aromatic nitrogens is 5. The molecule has 102 valence electrons. The minimum Gasteiger partial charge on any atom is -0.368 e. The zero-order valence-corrected chi connectivity index (χ0v) is 11.6. The molecule has 0 aromatic carbocycles. The van der Waals surface area contributed by atoms with Gasteiger partial charge in [0.25, 0.3) is 5.95 Å². The molecule has 2 heterocycles. The molecule has 19 heavy (non-hydrogen) atoms. The highest BCUT2D eigenvalue weighted by atomic mass is 15.4. The third-order valence-corrected chi connectivity index (χ3v) is 3.23. The molecule has 7 nitrogen and oxygen atoms in total. The molecule has 2 N–H and O–H groups in total. The number of hydrogen-bond acceptors (Lipinski definition) is 6. The van der Waals surface area contributed by atoms with Gasteiger partial charge in [-0.3, -0.25) is 0 Å². The van der Waals surface area contributed by atoms with Crippen LogP contribution in [0.25, 0.3) is 5.95 Å². The summed E-state index contributed by atoms with van der Waals surface area (Å²) < 4.78 is 1.56. The Morgan fingerprint density at radius 1 is 1.21 bits per heavy atom. The van der Waals surface area contributed by atoms with Crippen LogP contribution in [0, 0.1) is 5.92 Å². The number of rotatable bonds is 4. The van der Waals surface area contributed by atoms with Gasteiger partial charge in [-0.1, -0.05) is 13.8 Å². The largest absolute Gasteiger partial charge is 0.368 e. The summed E-state index contributed by atoms with van der Waals surface area (Å²) in [6.45, 7) is 6.43. The predicted molar refractivity (Wildman–Crippen MR) is 74.1 cm³/mol. The molecule has 2 aromatic heterocycles. The van der Waals surface area contributed by atoms with E-state index in [0.717, 1.165) is 0 Å². The van der Waals surface area contributed by atoms with Gasteiger partial charge in [0.05, 0.1) is 0 Å². The van der Waals surface area contributed by atoms with Gasteiger partial charge in [-0.25, -0.2) is 4.68 Å². The lowest BCUT2D eigenvalue weighted by Gasteiger charge is -2.28. The van der Waals surface area contributed by atoms with Crippen LogP contribution in [0.5, 0.6) is 0 Å². The average molecular weight is 261 g/mol. The maximum Gasteiger partial charge on any atom is 0.257 e. The minimum atomic E-state index is 0.193. The van der Waals surface area contributed by atoms with Crippen LogP contribution in [0.3, 0.4) is 0 Å². The van der Waals surface area contributed by atoms with Crippen molar-refractivity contribution in [2.24, 2.45) is 5.92 Å². The van der Waals surface area contributed by atoms with Gasteiger partial charge >= 0.3 is 0 Å². The number of anilines is 2. The van der Waals surface area contributed by atoms with Crippen molar-refractivity contribution in [1.82, 2.24) is 24.7 Å². The first-order valence-electron chi connectivity index (χ1n) is 6.23. The Morgan fingerprint density at radius 2 is 1.95 bits per heavy atom. The summed E-state index contributed by atoms with van der Waals surface area (Å²) in [6.07, 6.45) is 3.44. The van der Waals surface area contributed by atoms with Crippen LogP contribution >= 0.6 is 0 Å². The Kier molecular flexibility index (Phi) is 3.64. The maximum absolute atomic E-state index is 5.75. The quantitative estimate of drug-likeness (QED) is 0.887. The third-order valence-electron chi connectivity index (χ3n) is 3.23. The fraction of sp³-hybridized carbons (Fsp3) is 0.500. The predicted octanol–water partition coefficient (Wildman–Crippen LogP) is 1.12. The number of nitrogen functional groups attached to an aromatic ring is 1. The van der Waals surface area contributed by atoms with Gasteiger partial charge in [0.2, 0.25) is 11.9 Å². The van der Waals surface area contributed by atoms with E-state index < -0.39 is 0 Å². The number of nitrogens with two attached hydrogens (primary N) is 1. The lowest BCUT2D eigenvalue weighted by molar-refractivity contribution is 0.498. The Morgan fingerprint density at radius 3 is 2.53 bits per heavy atom. The summed E-state index contributed by atoms with van der Waals surface area (Å²) in [6, 6.07) is 2.10. The van der Waals surface area contributed by atoms with Crippen molar-refractivity contribution in [3.05, 3.63) is 18.5 Å². The molecule has 2 rings (SSSR count). The van der Waals surface area contributed by atoms with Crippen molar-refractivity contribution in [3.63, 3.8) is 0 Å². The fourth-order valence-electron chi connectivity index (χ4n) is 1.65. The van der Waals surface area contributed by atoms with E-state index in [1.165, 1.54) is 0 Å². The van der Waals surface area contributed by atoms with Crippen molar-refractivity contribution in [2.75, 3.05) is 17.7 Å². The van der Waals surface area contributed by atoms with Crippen molar-refractivity contribution < 1.29 is 0 Å². The topological polar surface area (TPSA) is 85.8 Å².